The van der Waals surface area contributed by atoms with E-state index in [0.29, 0.717) is 5.41 Å². The molecule has 0 fully saturated rings. The fourth-order valence-electron chi connectivity index (χ4n) is 2.43. The van der Waals surface area contributed by atoms with Gasteiger partial charge < -0.3 is 0 Å². The van der Waals surface area contributed by atoms with E-state index in [1.165, 1.54) is 24.8 Å². The number of benzene rings is 1. The van der Waals surface area contributed by atoms with Crippen molar-refractivity contribution in [2.24, 2.45) is 0 Å². The molecular formula is C13H18. The number of fused-ring (bicyclic) bond motifs is 1. The Hall–Kier alpha value is -0.780. The van der Waals surface area contributed by atoms with Crippen molar-refractivity contribution in [3.8, 4) is 0 Å². The maximum atomic E-state index is 2.40. The van der Waals surface area contributed by atoms with Gasteiger partial charge in [0.1, 0.15) is 0 Å². The van der Waals surface area contributed by atoms with Crippen molar-refractivity contribution in [2.45, 2.75) is 45.4 Å². The summed E-state index contributed by atoms with van der Waals surface area (Å²) in [5.74, 6) is 0. The highest BCUT2D eigenvalue weighted by atomic mass is 14.4. The molecule has 0 heterocycles. The molecule has 1 aromatic rings. The average molecular weight is 174 g/mol. The second-order valence-corrected chi connectivity index (χ2v) is 4.57. The van der Waals surface area contributed by atoms with Crippen molar-refractivity contribution in [3.63, 3.8) is 0 Å². The number of rotatable bonds is 1. The zero-order valence-electron chi connectivity index (χ0n) is 8.85. The van der Waals surface area contributed by atoms with Crippen LogP contribution in [0.25, 0.3) is 0 Å². The average Bonchev–Trinajstić information content (AvgIpc) is 2.45. The quantitative estimate of drug-likeness (QED) is 0.610. The highest BCUT2D eigenvalue weighted by Crippen LogP contribution is 2.41. The fourth-order valence-corrected chi connectivity index (χ4v) is 2.43. The first-order valence-corrected chi connectivity index (χ1v) is 5.26. The summed E-state index contributed by atoms with van der Waals surface area (Å²) in [6.07, 6.45) is 3.88. The zero-order chi connectivity index (χ0) is 9.47. The lowest BCUT2D eigenvalue weighted by molar-refractivity contribution is 0.453. The Morgan fingerprint density at radius 2 is 2.15 bits per heavy atom. The third-order valence-electron chi connectivity index (χ3n) is 3.64. The molecule has 0 aromatic heterocycles. The molecule has 1 atom stereocenters. The summed E-state index contributed by atoms with van der Waals surface area (Å²) >= 11 is 0. The van der Waals surface area contributed by atoms with Crippen LogP contribution in [-0.4, -0.2) is 0 Å². The Labute approximate surface area is 81.0 Å². The lowest BCUT2D eigenvalue weighted by Gasteiger charge is -2.23. The van der Waals surface area contributed by atoms with Crippen LogP contribution in [0.1, 0.15) is 43.4 Å². The molecule has 2 rings (SSSR count). The van der Waals surface area contributed by atoms with Crippen molar-refractivity contribution in [2.75, 3.05) is 0 Å². The van der Waals surface area contributed by atoms with E-state index in [1.54, 1.807) is 11.1 Å². The predicted octanol–water partition coefficient (Wildman–Crippen LogP) is 3.61. The molecule has 70 valence electrons. The van der Waals surface area contributed by atoms with Gasteiger partial charge in [-0.05, 0) is 42.7 Å². The van der Waals surface area contributed by atoms with E-state index >= 15 is 0 Å². The molecule has 1 aliphatic rings. The molecule has 0 amide bonds. The summed E-state index contributed by atoms with van der Waals surface area (Å²) in [5.41, 5.74) is 5.05. The Kier molecular flexibility index (Phi) is 1.94. The largest absolute Gasteiger partial charge is 0.0645 e. The Balaban J connectivity index is 2.49. The smallest absolute Gasteiger partial charge is 0.00720 e. The zero-order valence-corrected chi connectivity index (χ0v) is 8.85. The van der Waals surface area contributed by atoms with Crippen molar-refractivity contribution < 1.29 is 0 Å². The van der Waals surface area contributed by atoms with E-state index in [2.05, 4.69) is 39.0 Å². The molecule has 0 saturated heterocycles. The molecule has 0 N–H and O–H groups in total. The van der Waals surface area contributed by atoms with Crippen molar-refractivity contribution in [1.82, 2.24) is 0 Å². The van der Waals surface area contributed by atoms with Gasteiger partial charge in [-0.2, -0.15) is 0 Å². The highest BCUT2D eigenvalue weighted by Gasteiger charge is 2.31. The second-order valence-electron chi connectivity index (χ2n) is 4.57. The summed E-state index contributed by atoms with van der Waals surface area (Å²) in [6.45, 7) is 6.88. The van der Waals surface area contributed by atoms with Crippen molar-refractivity contribution in [1.29, 1.82) is 0 Å². The maximum absolute atomic E-state index is 2.40. The molecule has 0 radical (unpaired) electrons. The molecule has 0 nitrogen and oxygen atoms in total. The highest BCUT2D eigenvalue weighted by molar-refractivity contribution is 5.40. The monoisotopic (exact) mass is 174 g/mol. The van der Waals surface area contributed by atoms with Crippen LogP contribution in [0.3, 0.4) is 0 Å². The van der Waals surface area contributed by atoms with Gasteiger partial charge >= 0.3 is 0 Å². The summed E-state index contributed by atoms with van der Waals surface area (Å²) < 4.78 is 0. The second kappa shape index (κ2) is 2.87. The number of hydrogen-bond acceptors (Lipinski definition) is 0. The van der Waals surface area contributed by atoms with E-state index in [4.69, 9.17) is 0 Å². The van der Waals surface area contributed by atoms with Crippen LogP contribution in [0.4, 0.5) is 0 Å². The normalized spacial score (nSPS) is 26.1. The van der Waals surface area contributed by atoms with E-state index < -0.39 is 0 Å². The third kappa shape index (κ3) is 1.29. The van der Waals surface area contributed by atoms with Crippen LogP contribution in [0.2, 0.25) is 0 Å². The van der Waals surface area contributed by atoms with Crippen LogP contribution in [0, 0.1) is 6.92 Å². The lowest BCUT2D eigenvalue weighted by Crippen LogP contribution is -2.16. The minimum atomic E-state index is 0.461. The fraction of sp³-hybridized carbons (Fsp3) is 0.538. The molecule has 1 aromatic carbocycles. The Bertz CT molecular complexity index is 325. The predicted molar refractivity (Wildman–Crippen MR) is 57.1 cm³/mol. The summed E-state index contributed by atoms with van der Waals surface area (Å²) in [7, 11) is 0. The van der Waals surface area contributed by atoms with E-state index in [9.17, 15) is 0 Å². The van der Waals surface area contributed by atoms with Gasteiger partial charge in [0.05, 0.1) is 0 Å². The van der Waals surface area contributed by atoms with Gasteiger partial charge in [-0.15, -0.1) is 0 Å². The van der Waals surface area contributed by atoms with Gasteiger partial charge in [-0.3, -0.25) is 0 Å². The van der Waals surface area contributed by atoms with Crippen LogP contribution < -0.4 is 0 Å². The minimum absolute atomic E-state index is 0.461. The van der Waals surface area contributed by atoms with Crippen LogP contribution in [-0.2, 0) is 11.8 Å². The van der Waals surface area contributed by atoms with Crippen molar-refractivity contribution in [3.05, 3.63) is 34.9 Å². The van der Waals surface area contributed by atoms with E-state index in [0.717, 1.165) is 0 Å². The third-order valence-corrected chi connectivity index (χ3v) is 3.64. The van der Waals surface area contributed by atoms with Gasteiger partial charge in [-0.1, -0.05) is 37.6 Å². The first-order chi connectivity index (χ1) is 6.15. The number of aryl methyl sites for hydroxylation is 2. The van der Waals surface area contributed by atoms with E-state index in [-0.39, 0.29) is 0 Å². The van der Waals surface area contributed by atoms with Gasteiger partial charge in [0.25, 0.3) is 0 Å². The summed E-state index contributed by atoms with van der Waals surface area (Å²) in [5, 5.41) is 0. The van der Waals surface area contributed by atoms with Gasteiger partial charge in [0.15, 0.2) is 0 Å². The molecular weight excluding hydrogens is 156 g/mol. The van der Waals surface area contributed by atoms with Gasteiger partial charge in [0, 0.05) is 0 Å². The summed E-state index contributed by atoms with van der Waals surface area (Å²) in [4.78, 5) is 0. The van der Waals surface area contributed by atoms with Gasteiger partial charge in [0.2, 0.25) is 0 Å². The molecule has 0 heteroatoms. The minimum Gasteiger partial charge on any atom is -0.0645 e. The van der Waals surface area contributed by atoms with E-state index in [1.807, 2.05) is 0 Å². The van der Waals surface area contributed by atoms with Gasteiger partial charge in [-0.25, -0.2) is 0 Å². The topological polar surface area (TPSA) is 0 Å². The lowest BCUT2D eigenvalue weighted by atomic mass is 9.81. The SMILES string of the molecule is CCC1(C)CCc2cc(C)ccc21. The molecule has 0 saturated carbocycles. The maximum Gasteiger partial charge on any atom is -0.00720 e. The number of hydrogen-bond donors (Lipinski definition) is 0. The van der Waals surface area contributed by atoms with Crippen LogP contribution in [0.5, 0.6) is 0 Å². The molecule has 1 unspecified atom stereocenters. The van der Waals surface area contributed by atoms with Crippen LogP contribution in [0.15, 0.2) is 18.2 Å². The van der Waals surface area contributed by atoms with Crippen LogP contribution >= 0.6 is 0 Å². The van der Waals surface area contributed by atoms with Crippen molar-refractivity contribution >= 4 is 0 Å². The molecule has 13 heavy (non-hydrogen) atoms. The molecule has 1 aliphatic carbocycles. The Morgan fingerprint density at radius 1 is 1.38 bits per heavy atom. The Morgan fingerprint density at radius 3 is 2.85 bits per heavy atom. The first kappa shape index (κ1) is 8.80. The molecule has 0 bridgehead atoms. The molecule has 0 aliphatic heterocycles. The summed E-state index contributed by atoms with van der Waals surface area (Å²) in [6, 6.07) is 6.94. The first-order valence-electron chi connectivity index (χ1n) is 5.26. The molecule has 0 spiro atoms. The standard InChI is InChI=1S/C13H18/c1-4-13(3)8-7-11-9-10(2)5-6-12(11)13/h5-6,9H,4,7-8H2,1-3H3.